The van der Waals surface area contributed by atoms with Gasteiger partial charge in [0.05, 0.1) is 5.60 Å². The van der Waals surface area contributed by atoms with E-state index in [1.165, 1.54) is 32.1 Å². The van der Waals surface area contributed by atoms with Crippen molar-refractivity contribution in [3.05, 3.63) is 0 Å². The van der Waals surface area contributed by atoms with Crippen molar-refractivity contribution in [3.63, 3.8) is 0 Å². The fourth-order valence-electron chi connectivity index (χ4n) is 5.67. The van der Waals surface area contributed by atoms with Gasteiger partial charge in [-0.2, -0.15) is 0 Å². The minimum absolute atomic E-state index is 0.195. The van der Waals surface area contributed by atoms with E-state index >= 15 is 0 Å². The summed E-state index contributed by atoms with van der Waals surface area (Å²) in [7, 11) is -2.99. The van der Waals surface area contributed by atoms with Crippen LogP contribution >= 0.6 is 30.9 Å². The fourth-order valence-corrected chi connectivity index (χ4v) is 8.69. The SMILES string of the molecule is O=P1(N(CCCl)CCCl)NCC2(O1)C1CC3CC(C1)CC2C3. The molecule has 5 fully saturated rings. The van der Waals surface area contributed by atoms with E-state index < -0.39 is 7.67 Å². The fraction of sp³-hybridized carbons (Fsp3) is 1.00. The van der Waals surface area contributed by atoms with E-state index in [2.05, 4.69) is 5.09 Å². The van der Waals surface area contributed by atoms with Crippen LogP contribution in [0.3, 0.4) is 0 Å². The van der Waals surface area contributed by atoms with Gasteiger partial charge in [-0.25, -0.2) is 9.76 Å². The number of halogens is 2. The molecule has 4 bridgehead atoms. The molecular formula is C15H25Cl2N2O2P. The second kappa shape index (κ2) is 5.89. The van der Waals surface area contributed by atoms with Crippen molar-refractivity contribution in [2.45, 2.75) is 37.7 Å². The Kier molecular flexibility index (Phi) is 4.33. The number of rotatable bonds is 5. The van der Waals surface area contributed by atoms with Crippen molar-refractivity contribution < 1.29 is 9.09 Å². The summed E-state index contributed by atoms with van der Waals surface area (Å²) in [5.41, 5.74) is -0.195. The first-order chi connectivity index (χ1) is 10.6. The molecule has 1 N–H and O–H groups in total. The highest BCUT2D eigenvalue weighted by molar-refractivity contribution is 7.54. The van der Waals surface area contributed by atoms with Gasteiger partial charge >= 0.3 is 7.67 Å². The molecule has 0 aromatic carbocycles. The first-order valence-corrected chi connectivity index (χ1v) is 11.2. The Morgan fingerprint density at radius 2 is 1.59 bits per heavy atom. The van der Waals surface area contributed by atoms with Crippen LogP contribution in [0.2, 0.25) is 0 Å². The van der Waals surface area contributed by atoms with Gasteiger partial charge in [0, 0.05) is 31.4 Å². The van der Waals surface area contributed by atoms with E-state index in [0.717, 1.165) is 18.4 Å². The van der Waals surface area contributed by atoms with Crippen LogP contribution in [-0.4, -0.2) is 41.7 Å². The number of nitrogens with one attached hydrogen (secondary N) is 1. The highest BCUT2D eigenvalue weighted by atomic mass is 35.5. The van der Waals surface area contributed by atoms with E-state index in [9.17, 15) is 4.57 Å². The largest absolute Gasteiger partial charge is 0.344 e. The zero-order valence-electron chi connectivity index (χ0n) is 12.8. The topological polar surface area (TPSA) is 41.6 Å². The van der Waals surface area contributed by atoms with Gasteiger partial charge in [-0.1, -0.05) is 0 Å². The standard InChI is InChI=1S/C15H25Cl2N2O2P/c16-1-3-19(4-2-17)22(20)18-10-15(21-22)13-6-11-5-12(8-13)9-14(15)7-11/h11-14H,1-10H2,(H,18,20). The second-order valence-corrected chi connectivity index (χ2v) is 10.4. The van der Waals surface area contributed by atoms with Gasteiger partial charge in [0.25, 0.3) is 0 Å². The lowest BCUT2D eigenvalue weighted by Crippen LogP contribution is -2.59. The van der Waals surface area contributed by atoms with Crippen molar-refractivity contribution in [1.82, 2.24) is 9.76 Å². The van der Waals surface area contributed by atoms with E-state index in [4.69, 9.17) is 27.7 Å². The molecule has 1 saturated heterocycles. The second-order valence-electron chi connectivity index (χ2n) is 7.54. The molecule has 5 aliphatic rings. The van der Waals surface area contributed by atoms with Gasteiger partial charge in [-0.3, -0.25) is 9.09 Å². The summed E-state index contributed by atoms with van der Waals surface area (Å²) >= 11 is 11.8. The van der Waals surface area contributed by atoms with Crippen molar-refractivity contribution in [2.24, 2.45) is 23.7 Å². The average Bonchev–Trinajstić information content (AvgIpc) is 2.85. The number of hydrogen-bond acceptors (Lipinski definition) is 2. The molecule has 4 nitrogen and oxygen atoms in total. The molecule has 0 aromatic heterocycles. The van der Waals surface area contributed by atoms with E-state index in [-0.39, 0.29) is 5.60 Å². The smallest absolute Gasteiger partial charge is 0.297 e. The Morgan fingerprint density at radius 1 is 1.05 bits per heavy atom. The highest BCUT2D eigenvalue weighted by Gasteiger charge is 2.63. The molecule has 4 aliphatic carbocycles. The maximum Gasteiger partial charge on any atom is 0.344 e. The summed E-state index contributed by atoms with van der Waals surface area (Å²) in [4.78, 5) is 0. The van der Waals surface area contributed by atoms with Crippen molar-refractivity contribution in [3.8, 4) is 0 Å². The number of nitrogens with zero attached hydrogens (tertiary/aromatic N) is 1. The molecule has 1 aliphatic heterocycles. The van der Waals surface area contributed by atoms with E-state index in [1.807, 2.05) is 4.67 Å². The summed E-state index contributed by atoms with van der Waals surface area (Å²) in [5, 5.41) is 3.26. The lowest BCUT2D eigenvalue weighted by atomic mass is 9.50. The quantitative estimate of drug-likeness (QED) is 0.595. The molecule has 0 aromatic rings. The minimum Gasteiger partial charge on any atom is -0.297 e. The average molecular weight is 367 g/mol. The van der Waals surface area contributed by atoms with Gasteiger partial charge < -0.3 is 0 Å². The molecular weight excluding hydrogens is 342 g/mol. The Morgan fingerprint density at radius 3 is 2.09 bits per heavy atom. The van der Waals surface area contributed by atoms with Crippen molar-refractivity contribution >= 4 is 30.9 Å². The van der Waals surface area contributed by atoms with Gasteiger partial charge in [-0.15, -0.1) is 23.2 Å². The van der Waals surface area contributed by atoms with Crippen molar-refractivity contribution in [1.29, 1.82) is 0 Å². The summed E-state index contributed by atoms with van der Waals surface area (Å²) < 4.78 is 21.6. The molecule has 1 atom stereocenters. The zero-order chi connectivity index (χ0) is 15.4. The predicted octanol–water partition coefficient (Wildman–Crippen LogP) is 3.69. The Balaban J connectivity index is 1.57. The minimum atomic E-state index is -2.99. The van der Waals surface area contributed by atoms with E-state index in [1.54, 1.807) is 0 Å². The zero-order valence-corrected chi connectivity index (χ0v) is 15.3. The third kappa shape index (κ3) is 2.41. The molecule has 0 radical (unpaired) electrons. The monoisotopic (exact) mass is 366 g/mol. The maximum absolute atomic E-state index is 13.4. The molecule has 5 rings (SSSR count). The first kappa shape index (κ1) is 16.2. The van der Waals surface area contributed by atoms with Crippen LogP contribution in [-0.2, 0) is 9.09 Å². The molecule has 4 saturated carbocycles. The molecule has 0 amide bonds. The van der Waals surface area contributed by atoms with E-state index in [0.29, 0.717) is 36.7 Å². The molecule has 1 spiro atoms. The lowest BCUT2D eigenvalue weighted by molar-refractivity contribution is -0.141. The lowest BCUT2D eigenvalue weighted by Gasteiger charge is -2.58. The summed E-state index contributed by atoms with van der Waals surface area (Å²) in [6.07, 6.45) is 6.47. The maximum atomic E-state index is 13.4. The molecule has 1 heterocycles. The van der Waals surface area contributed by atoms with Gasteiger partial charge in [0.15, 0.2) is 0 Å². The van der Waals surface area contributed by atoms with Crippen LogP contribution in [0, 0.1) is 23.7 Å². The summed E-state index contributed by atoms with van der Waals surface area (Å²) in [5.74, 6) is 3.82. The highest BCUT2D eigenvalue weighted by Crippen LogP contribution is 2.67. The Hall–Kier alpha value is 0.690. The van der Waals surface area contributed by atoms with Crippen LogP contribution in [0.15, 0.2) is 0 Å². The van der Waals surface area contributed by atoms with Crippen molar-refractivity contribution in [2.75, 3.05) is 31.4 Å². The third-order valence-electron chi connectivity index (χ3n) is 6.43. The first-order valence-electron chi connectivity index (χ1n) is 8.53. The van der Waals surface area contributed by atoms with Crippen LogP contribution < -0.4 is 5.09 Å². The molecule has 126 valence electrons. The molecule has 22 heavy (non-hydrogen) atoms. The van der Waals surface area contributed by atoms with Gasteiger partial charge in [0.1, 0.15) is 0 Å². The molecule has 1 unspecified atom stereocenters. The van der Waals surface area contributed by atoms with Crippen LogP contribution in [0.1, 0.15) is 32.1 Å². The number of hydrogen-bond donors (Lipinski definition) is 1. The predicted molar refractivity (Wildman–Crippen MR) is 89.5 cm³/mol. The summed E-state index contributed by atoms with van der Waals surface area (Å²) in [6.45, 7) is 1.84. The Bertz CT molecular complexity index is 456. The van der Waals surface area contributed by atoms with Crippen LogP contribution in [0.4, 0.5) is 0 Å². The number of alkyl halides is 2. The van der Waals surface area contributed by atoms with Crippen LogP contribution in [0.25, 0.3) is 0 Å². The van der Waals surface area contributed by atoms with Crippen LogP contribution in [0.5, 0.6) is 0 Å². The van der Waals surface area contributed by atoms with Gasteiger partial charge in [0.2, 0.25) is 0 Å². The Labute approximate surface area is 142 Å². The normalized spacial score (nSPS) is 49.6. The third-order valence-corrected chi connectivity index (χ3v) is 9.05. The summed E-state index contributed by atoms with van der Waals surface area (Å²) in [6, 6.07) is 0. The van der Waals surface area contributed by atoms with Gasteiger partial charge in [-0.05, 0) is 55.8 Å². The molecule has 7 heteroatoms.